The van der Waals surface area contributed by atoms with E-state index in [2.05, 4.69) is 11.7 Å². The molecule has 0 N–H and O–H groups in total. The van der Waals surface area contributed by atoms with Crippen molar-refractivity contribution in [1.29, 1.82) is 0 Å². The number of esters is 1. The maximum absolute atomic E-state index is 13.5. The lowest BCUT2D eigenvalue weighted by Gasteiger charge is -2.29. The number of unbranched alkanes of at least 4 members (excludes halogenated alkanes) is 5. The van der Waals surface area contributed by atoms with Gasteiger partial charge in [-0.2, -0.15) is 30.7 Å². The van der Waals surface area contributed by atoms with E-state index in [1.54, 1.807) is 0 Å². The second-order valence-electron chi connectivity index (χ2n) is 10.5. The van der Waals surface area contributed by atoms with Crippen molar-refractivity contribution in [1.82, 2.24) is 0 Å². The highest BCUT2D eigenvalue weighted by molar-refractivity contribution is 5.81. The standard InChI is InChI=1S/C30H35F7O2/c1-2-3-4-5-6-7-8-21-9-11-22(12-10-21)23-13-15-24(16-14-23)25-17-19-26(20-18-25)39-27(38)28(31,32)29(33,34)30(35,36)37/h13-22H,2-12H2,1H3. The molecule has 1 aliphatic rings. The number of hydrogen-bond donors (Lipinski definition) is 0. The van der Waals surface area contributed by atoms with Gasteiger partial charge in [0.25, 0.3) is 0 Å². The molecule has 3 rings (SSSR count). The summed E-state index contributed by atoms with van der Waals surface area (Å²) < 4.78 is 94.1. The second kappa shape index (κ2) is 13.2. The number of carbonyl (C=O) groups excluding carboxylic acids is 1. The quantitative estimate of drug-likeness (QED) is 0.112. The van der Waals surface area contributed by atoms with Crippen molar-refractivity contribution >= 4 is 5.97 Å². The maximum atomic E-state index is 13.5. The predicted molar refractivity (Wildman–Crippen MR) is 136 cm³/mol. The highest BCUT2D eigenvalue weighted by atomic mass is 19.4. The Bertz CT molecular complexity index is 1040. The van der Waals surface area contributed by atoms with E-state index in [9.17, 15) is 35.5 Å². The van der Waals surface area contributed by atoms with Crippen molar-refractivity contribution in [2.75, 3.05) is 0 Å². The number of carbonyl (C=O) groups is 1. The summed E-state index contributed by atoms with van der Waals surface area (Å²) in [7, 11) is 0. The third kappa shape index (κ3) is 7.76. The van der Waals surface area contributed by atoms with E-state index in [1.165, 1.54) is 75.5 Å². The van der Waals surface area contributed by atoms with Gasteiger partial charge >= 0.3 is 24.0 Å². The Kier molecular flexibility index (Phi) is 10.5. The van der Waals surface area contributed by atoms with Crippen molar-refractivity contribution in [3.05, 3.63) is 54.1 Å². The van der Waals surface area contributed by atoms with Crippen molar-refractivity contribution in [3.8, 4) is 16.9 Å². The SMILES string of the molecule is CCCCCCCCC1CCC(c2ccc(-c3ccc(OC(=O)C(F)(F)C(F)(F)C(F)(F)F)cc3)cc2)CC1. The number of benzene rings is 2. The van der Waals surface area contributed by atoms with Crippen LogP contribution in [0.25, 0.3) is 11.1 Å². The first kappa shape index (κ1) is 31.0. The monoisotopic (exact) mass is 560 g/mol. The van der Waals surface area contributed by atoms with Crippen LogP contribution < -0.4 is 4.74 Å². The molecular weight excluding hydrogens is 525 g/mol. The van der Waals surface area contributed by atoms with Crippen LogP contribution in [-0.2, 0) is 4.79 Å². The third-order valence-corrected chi connectivity index (χ3v) is 7.60. The highest BCUT2D eigenvalue weighted by Gasteiger charge is 2.77. The van der Waals surface area contributed by atoms with Crippen LogP contribution in [0.2, 0.25) is 0 Å². The van der Waals surface area contributed by atoms with Gasteiger partial charge in [-0.15, -0.1) is 0 Å². The average molecular weight is 561 g/mol. The Morgan fingerprint density at radius 2 is 1.26 bits per heavy atom. The van der Waals surface area contributed by atoms with Gasteiger partial charge in [-0.25, -0.2) is 4.79 Å². The topological polar surface area (TPSA) is 26.3 Å². The first-order chi connectivity index (χ1) is 18.4. The van der Waals surface area contributed by atoms with Crippen LogP contribution >= 0.6 is 0 Å². The van der Waals surface area contributed by atoms with E-state index in [4.69, 9.17) is 0 Å². The number of rotatable bonds is 12. The summed E-state index contributed by atoms with van der Waals surface area (Å²) in [6, 6.07) is 12.9. The molecule has 2 nitrogen and oxygen atoms in total. The van der Waals surface area contributed by atoms with Gasteiger partial charge in [0, 0.05) is 0 Å². The van der Waals surface area contributed by atoms with E-state index in [0.717, 1.165) is 36.5 Å². The predicted octanol–water partition coefficient (Wildman–Crippen LogP) is 10.1. The first-order valence-electron chi connectivity index (χ1n) is 13.6. The zero-order valence-corrected chi connectivity index (χ0v) is 22.0. The molecule has 0 atom stereocenters. The number of hydrogen-bond acceptors (Lipinski definition) is 2. The fourth-order valence-corrected chi connectivity index (χ4v) is 5.14. The van der Waals surface area contributed by atoms with Crippen LogP contribution in [0.1, 0.15) is 89.0 Å². The fourth-order valence-electron chi connectivity index (χ4n) is 5.14. The van der Waals surface area contributed by atoms with E-state index in [1.807, 2.05) is 24.3 Å². The molecule has 0 radical (unpaired) electrons. The first-order valence-corrected chi connectivity index (χ1v) is 13.6. The molecule has 39 heavy (non-hydrogen) atoms. The van der Waals surface area contributed by atoms with E-state index < -0.39 is 29.7 Å². The summed E-state index contributed by atoms with van der Waals surface area (Å²) in [5, 5.41) is 0. The number of ether oxygens (including phenoxy) is 1. The van der Waals surface area contributed by atoms with Crippen LogP contribution in [0.15, 0.2) is 48.5 Å². The summed E-state index contributed by atoms with van der Waals surface area (Å²) in [4.78, 5) is 11.4. The third-order valence-electron chi connectivity index (χ3n) is 7.60. The van der Waals surface area contributed by atoms with Gasteiger partial charge in [-0.05, 0) is 66.3 Å². The van der Waals surface area contributed by atoms with Gasteiger partial charge < -0.3 is 4.74 Å². The molecule has 2 aromatic rings. The minimum atomic E-state index is -6.61. The van der Waals surface area contributed by atoms with Crippen molar-refractivity contribution in [3.63, 3.8) is 0 Å². The summed E-state index contributed by atoms with van der Waals surface area (Å²) in [5.74, 6) is -14.9. The smallest absolute Gasteiger partial charge is 0.422 e. The molecule has 0 unspecified atom stereocenters. The molecule has 1 fully saturated rings. The molecule has 0 aliphatic heterocycles. The molecule has 2 aromatic carbocycles. The van der Waals surface area contributed by atoms with Crippen LogP contribution in [0.5, 0.6) is 5.75 Å². The molecule has 0 spiro atoms. The summed E-state index contributed by atoms with van der Waals surface area (Å²) in [6.07, 6.45) is 7.36. The molecule has 1 aliphatic carbocycles. The van der Waals surface area contributed by atoms with Gasteiger partial charge in [0.1, 0.15) is 5.75 Å². The minimum Gasteiger partial charge on any atom is -0.422 e. The van der Waals surface area contributed by atoms with Crippen molar-refractivity contribution in [2.24, 2.45) is 5.92 Å². The van der Waals surface area contributed by atoms with Gasteiger partial charge in [0.15, 0.2) is 0 Å². The van der Waals surface area contributed by atoms with Crippen molar-refractivity contribution < 1.29 is 40.3 Å². The minimum absolute atomic E-state index is 0.498. The molecule has 9 heteroatoms. The Hall–Kier alpha value is -2.58. The average Bonchev–Trinajstić information content (AvgIpc) is 2.91. The second-order valence-corrected chi connectivity index (χ2v) is 10.5. The van der Waals surface area contributed by atoms with Gasteiger partial charge in [-0.3, -0.25) is 0 Å². The maximum Gasteiger partial charge on any atom is 0.460 e. The van der Waals surface area contributed by atoms with E-state index >= 15 is 0 Å². The lowest BCUT2D eigenvalue weighted by Crippen LogP contribution is -2.57. The van der Waals surface area contributed by atoms with Crippen LogP contribution in [0, 0.1) is 5.92 Å². The van der Waals surface area contributed by atoms with Gasteiger partial charge in [0.2, 0.25) is 0 Å². The molecule has 0 amide bonds. The molecular formula is C30H35F7O2. The highest BCUT2D eigenvalue weighted by Crippen LogP contribution is 2.47. The van der Waals surface area contributed by atoms with Gasteiger partial charge in [0.05, 0.1) is 0 Å². The normalized spacial score (nSPS) is 18.7. The summed E-state index contributed by atoms with van der Waals surface area (Å²) in [5.41, 5.74) is 2.67. The number of halogens is 7. The molecule has 0 saturated heterocycles. The Morgan fingerprint density at radius 1 is 0.744 bits per heavy atom. The lowest BCUT2D eigenvalue weighted by atomic mass is 9.77. The zero-order valence-electron chi connectivity index (χ0n) is 22.0. The van der Waals surface area contributed by atoms with E-state index in [0.29, 0.717) is 11.5 Å². The molecule has 0 bridgehead atoms. The summed E-state index contributed by atoms with van der Waals surface area (Å²) >= 11 is 0. The van der Waals surface area contributed by atoms with Crippen LogP contribution in [0.3, 0.4) is 0 Å². The van der Waals surface area contributed by atoms with Crippen LogP contribution in [-0.4, -0.2) is 24.0 Å². The Balaban J connectivity index is 1.51. The molecule has 1 saturated carbocycles. The Morgan fingerprint density at radius 3 is 1.79 bits per heavy atom. The van der Waals surface area contributed by atoms with Crippen molar-refractivity contribution in [2.45, 2.75) is 101 Å². The molecule has 0 aromatic heterocycles. The number of alkyl halides is 7. The lowest BCUT2D eigenvalue weighted by molar-refractivity contribution is -0.346. The van der Waals surface area contributed by atoms with Gasteiger partial charge in [-0.1, -0.05) is 88.3 Å². The van der Waals surface area contributed by atoms with Crippen LogP contribution in [0.4, 0.5) is 30.7 Å². The largest absolute Gasteiger partial charge is 0.460 e. The van der Waals surface area contributed by atoms with E-state index in [-0.39, 0.29) is 0 Å². The molecule has 0 heterocycles. The summed E-state index contributed by atoms with van der Waals surface area (Å²) in [6.45, 7) is 2.23. The fraction of sp³-hybridized carbons (Fsp3) is 0.567. The molecule has 216 valence electrons. The zero-order chi connectivity index (χ0) is 28.7. The Labute approximate surface area is 224 Å².